The molecule has 1 aromatic carbocycles. The van der Waals surface area contributed by atoms with E-state index >= 15 is 0 Å². The van der Waals surface area contributed by atoms with Gasteiger partial charge in [-0.3, -0.25) is 0 Å². The third-order valence-electron chi connectivity index (χ3n) is 4.28. The van der Waals surface area contributed by atoms with Crippen LogP contribution in [0.2, 0.25) is 0 Å². The minimum Gasteiger partial charge on any atom is -0.370 e. The smallest absolute Gasteiger partial charge is 0.0412 e. The van der Waals surface area contributed by atoms with E-state index in [0.717, 1.165) is 19.6 Å². The molecular formula is C18H31N3. The van der Waals surface area contributed by atoms with Crippen LogP contribution < -0.4 is 10.2 Å². The molecule has 1 saturated heterocycles. The van der Waals surface area contributed by atoms with Crippen LogP contribution in [-0.4, -0.2) is 43.7 Å². The summed E-state index contributed by atoms with van der Waals surface area (Å²) >= 11 is 0. The van der Waals surface area contributed by atoms with Gasteiger partial charge in [-0.1, -0.05) is 17.7 Å². The van der Waals surface area contributed by atoms with Crippen molar-refractivity contribution in [3.05, 3.63) is 29.3 Å². The second kappa shape index (κ2) is 6.37. The number of likely N-dealkylation sites (N-methyl/N-ethyl adjacent to an activating group) is 1. The third-order valence-corrected chi connectivity index (χ3v) is 4.28. The van der Waals surface area contributed by atoms with E-state index < -0.39 is 0 Å². The Morgan fingerprint density at radius 2 is 2.00 bits per heavy atom. The Morgan fingerprint density at radius 1 is 1.29 bits per heavy atom. The molecule has 3 nitrogen and oxygen atoms in total. The minimum absolute atomic E-state index is 0.151. The predicted octanol–water partition coefficient (Wildman–Crippen LogP) is 3.02. The Bertz CT molecular complexity index is 474. The van der Waals surface area contributed by atoms with Gasteiger partial charge in [0.05, 0.1) is 0 Å². The van der Waals surface area contributed by atoms with Gasteiger partial charge in [-0.2, -0.15) is 0 Å². The van der Waals surface area contributed by atoms with Gasteiger partial charge >= 0.3 is 0 Å². The molecule has 0 aromatic heterocycles. The maximum atomic E-state index is 3.63. The van der Waals surface area contributed by atoms with Crippen LogP contribution in [0, 0.1) is 6.92 Å². The summed E-state index contributed by atoms with van der Waals surface area (Å²) in [5, 5.41) is 3.63. The highest BCUT2D eigenvalue weighted by atomic mass is 15.2. The zero-order valence-electron chi connectivity index (χ0n) is 14.5. The average molecular weight is 289 g/mol. The van der Waals surface area contributed by atoms with Gasteiger partial charge in [-0.15, -0.1) is 0 Å². The molecule has 0 radical (unpaired) electrons. The molecule has 0 saturated carbocycles. The minimum atomic E-state index is 0.151. The van der Waals surface area contributed by atoms with Crippen LogP contribution in [0.5, 0.6) is 0 Å². The molecule has 0 bridgehead atoms. The van der Waals surface area contributed by atoms with Crippen molar-refractivity contribution in [2.45, 2.75) is 52.2 Å². The normalized spacial score (nSPS) is 19.6. The zero-order valence-corrected chi connectivity index (χ0v) is 14.5. The maximum absolute atomic E-state index is 3.63. The Kier molecular flexibility index (Phi) is 4.95. The fraction of sp³-hybridized carbons (Fsp3) is 0.667. The quantitative estimate of drug-likeness (QED) is 0.919. The molecule has 1 aliphatic heterocycles. The molecular weight excluding hydrogens is 258 g/mol. The summed E-state index contributed by atoms with van der Waals surface area (Å²) < 4.78 is 0. The topological polar surface area (TPSA) is 18.5 Å². The van der Waals surface area contributed by atoms with Gasteiger partial charge in [0, 0.05) is 36.9 Å². The summed E-state index contributed by atoms with van der Waals surface area (Å²) in [5.41, 5.74) is 4.32. The number of aryl methyl sites for hydroxylation is 1. The molecule has 3 heteroatoms. The standard InChI is InChI=1S/C18H31N3/c1-14-7-8-17(15(11-14)12-19-18(2,3)4)21-10-9-16(13-21)20(5)6/h7-8,11,16,19H,9-10,12-13H2,1-6H3. The van der Waals surface area contributed by atoms with Crippen molar-refractivity contribution in [1.29, 1.82) is 0 Å². The first kappa shape index (κ1) is 16.3. The number of hydrogen-bond acceptors (Lipinski definition) is 3. The van der Waals surface area contributed by atoms with Crippen LogP contribution in [0.3, 0.4) is 0 Å². The molecule has 1 fully saturated rings. The molecule has 21 heavy (non-hydrogen) atoms. The van der Waals surface area contributed by atoms with E-state index in [4.69, 9.17) is 0 Å². The molecule has 0 spiro atoms. The molecule has 0 aliphatic carbocycles. The van der Waals surface area contributed by atoms with Crippen molar-refractivity contribution in [2.75, 3.05) is 32.1 Å². The van der Waals surface area contributed by atoms with Crippen molar-refractivity contribution in [3.8, 4) is 0 Å². The highest BCUT2D eigenvalue weighted by Gasteiger charge is 2.25. The molecule has 1 aliphatic rings. The number of rotatable bonds is 4. The number of anilines is 1. The van der Waals surface area contributed by atoms with Gasteiger partial charge in [0.2, 0.25) is 0 Å². The first-order valence-corrected chi connectivity index (χ1v) is 8.02. The van der Waals surface area contributed by atoms with Crippen LogP contribution >= 0.6 is 0 Å². The van der Waals surface area contributed by atoms with E-state index in [9.17, 15) is 0 Å². The molecule has 1 atom stereocenters. The van der Waals surface area contributed by atoms with E-state index in [0.29, 0.717) is 6.04 Å². The van der Waals surface area contributed by atoms with Gasteiger partial charge in [0.1, 0.15) is 0 Å². The third kappa shape index (κ3) is 4.45. The van der Waals surface area contributed by atoms with Crippen molar-refractivity contribution >= 4 is 5.69 Å². The molecule has 1 N–H and O–H groups in total. The number of nitrogens with zero attached hydrogens (tertiary/aromatic N) is 2. The fourth-order valence-electron chi connectivity index (χ4n) is 2.91. The molecule has 1 aromatic rings. The Hall–Kier alpha value is -1.06. The largest absolute Gasteiger partial charge is 0.370 e. The van der Waals surface area contributed by atoms with Crippen molar-refractivity contribution in [1.82, 2.24) is 10.2 Å². The van der Waals surface area contributed by atoms with Crippen molar-refractivity contribution in [2.24, 2.45) is 0 Å². The second-order valence-electron chi connectivity index (χ2n) is 7.59. The number of hydrogen-bond donors (Lipinski definition) is 1. The van der Waals surface area contributed by atoms with Gasteiger partial charge in [-0.25, -0.2) is 0 Å². The highest BCUT2D eigenvalue weighted by molar-refractivity contribution is 5.56. The molecule has 2 rings (SSSR count). The first-order valence-electron chi connectivity index (χ1n) is 8.02. The van der Waals surface area contributed by atoms with Crippen LogP contribution in [-0.2, 0) is 6.54 Å². The maximum Gasteiger partial charge on any atom is 0.0412 e. The highest BCUT2D eigenvalue weighted by Crippen LogP contribution is 2.27. The fourth-order valence-corrected chi connectivity index (χ4v) is 2.91. The van der Waals surface area contributed by atoms with E-state index in [1.807, 2.05) is 0 Å². The van der Waals surface area contributed by atoms with Gasteiger partial charge < -0.3 is 15.1 Å². The molecule has 1 heterocycles. The Morgan fingerprint density at radius 3 is 2.57 bits per heavy atom. The van der Waals surface area contributed by atoms with Crippen LogP contribution in [0.25, 0.3) is 0 Å². The first-order chi connectivity index (χ1) is 9.76. The van der Waals surface area contributed by atoms with E-state index in [1.165, 1.54) is 23.2 Å². The van der Waals surface area contributed by atoms with Crippen molar-refractivity contribution in [3.63, 3.8) is 0 Å². The van der Waals surface area contributed by atoms with Gasteiger partial charge in [0.25, 0.3) is 0 Å². The molecule has 0 amide bonds. The zero-order chi connectivity index (χ0) is 15.6. The lowest BCUT2D eigenvalue weighted by Crippen LogP contribution is -2.36. The van der Waals surface area contributed by atoms with Crippen LogP contribution in [0.15, 0.2) is 18.2 Å². The summed E-state index contributed by atoms with van der Waals surface area (Å²) in [6.07, 6.45) is 1.26. The lowest BCUT2D eigenvalue weighted by atomic mass is 10.1. The van der Waals surface area contributed by atoms with E-state index in [-0.39, 0.29) is 5.54 Å². The van der Waals surface area contributed by atoms with E-state index in [2.05, 4.69) is 75.1 Å². The SMILES string of the molecule is Cc1ccc(N2CCC(N(C)C)C2)c(CNC(C)(C)C)c1. The summed E-state index contributed by atoms with van der Waals surface area (Å²) in [6.45, 7) is 12.1. The van der Waals surface area contributed by atoms with Crippen LogP contribution in [0.1, 0.15) is 38.3 Å². The van der Waals surface area contributed by atoms with Crippen molar-refractivity contribution < 1.29 is 0 Å². The average Bonchev–Trinajstić information content (AvgIpc) is 2.85. The Balaban J connectivity index is 2.15. The van der Waals surface area contributed by atoms with Gasteiger partial charge in [0.15, 0.2) is 0 Å². The summed E-state index contributed by atoms with van der Waals surface area (Å²) in [6, 6.07) is 7.54. The monoisotopic (exact) mass is 289 g/mol. The summed E-state index contributed by atoms with van der Waals surface area (Å²) in [7, 11) is 4.37. The molecule has 118 valence electrons. The van der Waals surface area contributed by atoms with Crippen LogP contribution in [0.4, 0.5) is 5.69 Å². The molecule has 1 unspecified atom stereocenters. The second-order valence-corrected chi connectivity index (χ2v) is 7.59. The van der Waals surface area contributed by atoms with Gasteiger partial charge in [-0.05, 0) is 59.8 Å². The lowest BCUT2D eigenvalue weighted by molar-refractivity contribution is 0.315. The predicted molar refractivity (Wildman–Crippen MR) is 92.1 cm³/mol. The summed E-state index contributed by atoms with van der Waals surface area (Å²) in [4.78, 5) is 4.89. The summed E-state index contributed by atoms with van der Waals surface area (Å²) in [5.74, 6) is 0. The number of nitrogens with one attached hydrogen (secondary N) is 1. The number of benzene rings is 1. The Labute approximate surface area is 130 Å². The van der Waals surface area contributed by atoms with E-state index in [1.54, 1.807) is 0 Å². The lowest BCUT2D eigenvalue weighted by Gasteiger charge is -2.26.